The van der Waals surface area contributed by atoms with Gasteiger partial charge >= 0.3 is 0 Å². The lowest BCUT2D eigenvalue weighted by atomic mass is 10.1. The van der Waals surface area contributed by atoms with E-state index in [-0.39, 0.29) is 0 Å². The highest BCUT2D eigenvalue weighted by Crippen LogP contribution is 2.32. The Kier molecular flexibility index (Phi) is 5.52. The van der Waals surface area contributed by atoms with Gasteiger partial charge in [-0.15, -0.1) is 0 Å². The average molecular weight is 237 g/mol. The monoisotopic (exact) mass is 237 g/mol. The van der Waals surface area contributed by atoms with Crippen molar-refractivity contribution in [3.8, 4) is 11.5 Å². The number of nitrogens with two attached hydrogens (primary N) is 1. The maximum Gasteiger partial charge on any atom is 0.130 e. The van der Waals surface area contributed by atoms with Gasteiger partial charge in [-0.2, -0.15) is 0 Å². The van der Waals surface area contributed by atoms with Gasteiger partial charge in [0, 0.05) is 13.7 Å². The van der Waals surface area contributed by atoms with Gasteiger partial charge in [-0.05, 0) is 17.7 Å². The first kappa shape index (κ1) is 13.5. The van der Waals surface area contributed by atoms with Gasteiger partial charge in [0.25, 0.3) is 0 Å². The highest BCUT2D eigenvalue weighted by molar-refractivity contribution is 5.65. The number of methoxy groups -OCH3 is 3. The van der Waals surface area contributed by atoms with Crippen LogP contribution in [0.15, 0.2) is 18.2 Å². The fraction of sp³-hybridized carbons (Fsp3) is 0.385. The van der Waals surface area contributed by atoms with E-state index in [1.807, 2.05) is 24.3 Å². The van der Waals surface area contributed by atoms with Gasteiger partial charge < -0.3 is 19.9 Å². The van der Waals surface area contributed by atoms with Crippen molar-refractivity contribution in [3.63, 3.8) is 0 Å². The van der Waals surface area contributed by atoms with Gasteiger partial charge in [-0.25, -0.2) is 0 Å². The summed E-state index contributed by atoms with van der Waals surface area (Å²) < 4.78 is 15.8. The fourth-order valence-corrected chi connectivity index (χ4v) is 1.59. The standard InChI is InChI=1S/C13H19NO3/c1-15-9-10-7-12(16-2)11(5-4-6-14)13(8-10)17-3/h4-5,7-8H,6,9,14H2,1-3H3/b5-4+. The fourth-order valence-electron chi connectivity index (χ4n) is 1.59. The zero-order valence-corrected chi connectivity index (χ0v) is 10.5. The first-order chi connectivity index (χ1) is 8.26. The van der Waals surface area contributed by atoms with Gasteiger partial charge in [0.15, 0.2) is 0 Å². The maximum absolute atomic E-state index is 5.45. The van der Waals surface area contributed by atoms with E-state index in [0.717, 1.165) is 22.6 Å². The van der Waals surface area contributed by atoms with E-state index in [0.29, 0.717) is 13.2 Å². The Hall–Kier alpha value is -1.52. The summed E-state index contributed by atoms with van der Waals surface area (Å²) in [6, 6.07) is 3.87. The molecule has 0 radical (unpaired) electrons. The van der Waals surface area contributed by atoms with Crippen LogP contribution in [0, 0.1) is 0 Å². The van der Waals surface area contributed by atoms with E-state index in [4.69, 9.17) is 19.9 Å². The molecule has 0 bridgehead atoms. The number of rotatable bonds is 6. The molecular formula is C13H19NO3. The molecule has 94 valence electrons. The second-order valence-electron chi connectivity index (χ2n) is 3.49. The molecule has 2 N–H and O–H groups in total. The summed E-state index contributed by atoms with van der Waals surface area (Å²) in [5, 5.41) is 0. The molecule has 1 rings (SSSR count). The van der Waals surface area contributed by atoms with Crippen LogP contribution < -0.4 is 15.2 Å². The number of hydrogen-bond acceptors (Lipinski definition) is 4. The largest absolute Gasteiger partial charge is 0.496 e. The SMILES string of the molecule is COCc1cc(OC)c(/C=C/CN)c(OC)c1. The molecule has 1 aromatic rings. The van der Waals surface area contributed by atoms with E-state index in [1.54, 1.807) is 21.3 Å². The average Bonchev–Trinajstić information content (AvgIpc) is 2.36. The Bertz CT molecular complexity index is 363. The maximum atomic E-state index is 5.45. The molecule has 1 aromatic carbocycles. The number of hydrogen-bond donors (Lipinski definition) is 1. The zero-order valence-electron chi connectivity index (χ0n) is 10.5. The van der Waals surface area contributed by atoms with Crippen molar-refractivity contribution in [2.75, 3.05) is 27.9 Å². The lowest BCUT2D eigenvalue weighted by Crippen LogP contribution is -1.98. The minimum Gasteiger partial charge on any atom is -0.496 e. The van der Waals surface area contributed by atoms with Crippen LogP contribution in [0.3, 0.4) is 0 Å². The van der Waals surface area contributed by atoms with E-state index < -0.39 is 0 Å². The molecule has 0 amide bonds. The van der Waals surface area contributed by atoms with Crippen molar-refractivity contribution in [1.82, 2.24) is 0 Å². The number of ether oxygens (including phenoxy) is 3. The molecule has 0 spiro atoms. The third-order valence-corrected chi connectivity index (χ3v) is 2.34. The van der Waals surface area contributed by atoms with E-state index in [2.05, 4.69) is 0 Å². The van der Waals surface area contributed by atoms with Gasteiger partial charge in [-0.1, -0.05) is 12.2 Å². The smallest absolute Gasteiger partial charge is 0.130 e. The van der Waals surface area contributed by atoms with Crippen molar-refractivity contribution >= 4 is 6.08 Å². The van der Waals surface area contributed by atoms with E-state index >= 15 is 0 Å². The normalized spacial score (nSPS) is 10.8. The molecule has 0 saturated carbocycles. The van der Waals surface area contributed by atoms with Crippen molar-refractivity contribution in [2.45, 2.75) is 6.61 Å². The molecule has 4 nitrogen and oxygen atoms in total. The topological polar surface area (TPSA) is 53.7 Å². The van der Waals surface area contributed by atoms with Gasteiger partial charge in [-0.3, -0.25) is 0 Å². The van der Waals surface area contributed by atoms with Crippen molar-refractivity contribution in [3.05, 3.63) is 29.3 Å². The second-order valence-corrected chi connectivity index (χ2v) is 3.49. The molecule has 0 fully saturated rings. The Balaban J connectivity index is 3.20. The Morgan fingerprint density at radius 3 is 2.12 bits per heavy atom. The number of benzene rings is 1. The quantitative estimate of drug-likeness (QED) is 0.820. The first-order valence-electron chi connectivity index (χ1n) is 5.37. The van der Waals surface area contributed by atoms with Crippen LogP contribution in [0.1, 0.15) is 11.1 Å². The molecular weight excluding hydrogens is 218 g/mol. The van der Waals surface area contributed by atoms with Crippen molar-refractivity contribution < 1.29 is 14.2 Å². The first-order valence-corrected chi connectivity index (χ1v) is 5.37. The summed E-state index contributed by atoms with van der Waals surface area (Å²) in [7, 11) is 4.91. The summed E-state index contributed by atoms with van der Waals surface area (Å²) in [6.45, 7) is 1.000. The van der Waals surface area contributed by atoms with Gasteiger partial charge in [0.1, 0.15) is 11.5 Å². The predicted molar refractivity (Wildman–Crippen MR) is 68.3 cm³/mol. The molecule has 0 aliphatic rings. The molecule has 0 aliphatic heterocycles. The van der Waals surface area contributed by atoms with Crippen LogP contribution in [-0.2, 0) is 11.3 Å². The molecule has 17 heavy (non-hydrogen) atoms. The van der Waals surface area contributed by atoms with Crippen LogP contribution in [0.5, 0.6) is 11.5 Å². The lowest BCUT2D eigenvalue weighted by Gasteiger charge is -2.12. The molecule has 0 saturated heterocycles. The molecule has 0 aromatic heterocycles. The van der Waals surface area contributed by atoms with E-state index in [9.17, 15) is 0 Å². The van der Waals surface area contributed by atoms with Crippen molar-refractivity contribution in [2.24, 2.45) is 5.73 Å². The molecule has 0 aliphatic carbocycles. The predicted octanol–water partition coefficient (Wildman–Crippen LogP) is 1.82. The zero-order chi connectivity index (χ0) is 12.7. The van der Waals surface area contributed by atoms with Crippen LogP contribution in [0.25, 0.3) is 6.08 Å². The minimum atomic E-state index is 0.478. The second kappa shape index (κ2) is 6.93. The van der Waals surface area contributed by atoms with Crippen LogP contribution in [-0.4, -0.2) is 27.9 Å². The summed E-state index contributed by atoms with van der Waals surface area (Å²) in [5.74, 6) is 1.50. The summed E-state index contributed by atoms with van der Waals surface area (Å²) in [6.07, 6.45) is 3.75. The van der Waals surface area contributed by atoms with Gasteiger partial charge in [0.2, 0.25) is 0 Å². The highest BCUT2D eigenvalue weighted by atomic mass is 16.5. The molecule has 0 atom stereocenters. The summed E-state index contributed by atoms with van der Waals surface area (Å²) in [5.41, 5.74) is 7.34. The highest BCUT2D eigenvalue weighted by Gasteiger charge is 2.09. The van der Waals surface area contributed by atoms with Crippen LogP contribution in [0.4, 0.5) is 0 Å². The summed E-state index contributed by atoms with van der Waals surface area (Å²) >= 11 is 0. The Morgan fingerprint density at radius 1 is 1.12 bits per heavy atom. The Labute approximate surface area is 102 Å². The van der Waals surface area contributed by atoms with Crippen LogP contribution in [0.2, 0.25) is 0 Å². The minimum absolute atomic E-state index is 0.478. The van der Waals surface area contributed by atoms with Crippen molar-refractivity contribution in [1.29, 1.82) is 0 Å². The Morgan fingerprint density at radius 2 is 1.71 bits per heavy atom. The van der Waals surface area contributed by atoms with Gasteiger partial charge in [0.05, 0.1) is 26.4 Å². The summed E-state index contributed by atoms with van der Waals surface area (Å²) in [4.78, 5) is 0. The van der Waals surface area contributed by atoms with E-state index in [1.165, 1.54) is 0 Å². The molecule has 4 heteroatoms. The molecule has 0 heterocycles. The van der Waals surface area contributed by atoms with Crippen LogP contribution >= 0.6 is 0 Å². The third-order valence-electron chi connectivity index (χ3n) is 2.34. The molecule has 0 unspecified atom stereocenters. The third kappa shape index (κ3) is 3.47. The lowest BCUT2D eigenvalue weighted by molar-refractivity contribution is 0.184.